The Morgan fingerprint density at radius 3 is 1.97 bits per heavy atom. The highest BCUT2D eigenvalue weighted by Gasteiger charge is 2.58. The number of aliphatic hydroxyl groups is 7. The number of quaternary nitrogens is 2. The summed E-state index contributed by atoms with van der Waals surface area (Å²) >= 11 is 0. The van der Waals surface area contributed by atoms with Crippen molar-refractivity contribution in [1.82, 2.24) is 12.3 Å². The lowest BCUT2D eigenvalue weighted by molar-refractivity contribution is -0.386. The first-order valence-corrected chi connectivity index (χ1v) is 9.21. The fourth-order valence-corrected chi connectivity index (χ4v) is 3.11. The molecular formula is C12H29N2O14P. The van der Waals surface area contributed by atoms with E-state index in [-0.39, 0.29) is 12.3 Å². The summed E-state index contributed by atoms with van der Waals surface area (Å²) in [7, 11) is -5.43. The Kier molecular flexibility index (Phi) is 10.6. The molecule has 16 nitrogen and oxygen atoms in total. The number of ether oxygens (including phenoxy) is 3. The van der Waals surface area contributed by atoms with Gasteiger partial charge in [-0.2, -0.15) is 0 Å². The number of phosphoric ester groups is 1. The van der Waals surface area contributed by atoms with Crippen LogP contribution in [0.2, 0.25) is 0 Å². The highest BCUT2D eigenvalue weighted by atomic mass is 31.2. The number of hydrogen-bond donors (Lipinski definition) is 9. The number of hydrogen-bond acceptors (Lipinski definition) is 14. The topological polar surface area (TPSA) is 315 Å². The van der Waals surface area contributed by atoms with Gasteiger partial charge < -0.3 is 81.1 Å². The average molecular weight is 456 g/mol. The molecule has 2 aliphatic heterocycles. The zero-order valence-electron chi connectivity index (χ0n) is 15.7. The van der Waals surface area contributed by atoms with Gasteiger partial charge in [-0.15, -0.1) is 0 Å². The van der Waals surface area contributed by atoms with Crippen LogP contribution in [0.15, 0.2) is 0 Å². The summed E-state index contributed by atoms with van der Waals surface area (Å²) < 4.78 is 29.9. The summed E-state index contributed by atoms with van der Waals surface area (Å²) in [6.45, 7) is -2.85. The molecule has 2 heterocycles. The van der Waals surface area contributed by atoms with Gasteiger partial charge in [-0.3, -0.25) is 0 Å². The van der Waals surface area contributed by atoms with Crippen LogP contribution in [0, 0.1) is 0 Å². The summed E-state index contributed by atoms with van der Waals surface area (Å²) in [4.78, 5) is 21.1. The Labute approximate surface area is 164 Å². The summed E-state index contributed by atoms with van der Waals surface area (Å²) in [5.74, 6) is -2.38. The van der Waals surface area contributed by atoms with Crippen molar-refractivity contribution in [1.29, 1.82) is 0 Å². The van der Waals surface area contributed by atoms with Crippen molar-refractivity contribution < 1.29 is 68.8 Å². The summed E-state index contributed by atoms with van der Waals surface area (Å²) in [6, 6.07) is 0. The Morgan fingerprint density at radius 1 is 0.931 bits per heavy atom. The minimum absolute atomic E-state index is 0. The first-order valence-electron chi connectivity index (χ1n) is 7.75. The molecule has 15 N–H and O–H groups in total. The molecule has 0 unspecified atom stereocenters. The van der Waals surface area contributed by atoms with Gasteiger partial charge in [0.05, 0.1) is 21.0 Å². The first-order chi connectivity index (χ1) is 12.5. The van der Waals surface area contributed by atoms with Crippen LogP contribution in [-0.4, -0.2) is 110 Å². The van der Waals surface area contributed by atoms with Crippen LogP contribution in [0.4, 0.5) is 0 Å². The molecule has 29 heavy (non-hydrogen) atoms. The fourth-order valence-electron chi connectivity index (χ4n) is 2.78. The lowest BCUT2D eigenvalue weighted by Gasteiger charge is -2.44. The highest BCUT2D eigenvalue weighted by molar-refractivity contribution is 7.43. The molecule has 2 aliphatic rings. The van der Waals surface area contributed by atoms with Gasteiger partial charge in [-0.05, 0) is 0 Å². The summed E-state index contributed by atoms with van der Waals surface area (Å²) in [6.07, 6.45) is -14.3. The molecule has 0 aliphatic carbocycles. The maximum atomic E-state index is 10.6. The molecule has 2 saturated heterocycles. The fraction of sp³-hybridized carbons (Fsp3) is 1.00. The second-order valence-electron chi connectivity index (χ2n) is 6.12. The molecule has 17 heteroatoms. The van der Waals surface area contributed by atoms with Gasteiger partial charge in [0, 0.05) is 0 Å². The molecule has 0 radical (unpaired) electrons. The molecule has 2 rings (SSSR count). The van der Waals surface area contributed by atoms with E-state index >= 15 is 0 Å². The SMILES string of the molecule is O=P([O-])([O-])OC[C@H]1O[C@H](O[C@]2(CO)O[C@H](CO)[C@@H](O)[C@@H]2O)[C@H](O)[C@@H](O)[C@@H]1O.[NH4+].[NH4+]. The number of phosphoric acid groups is 1. The standard InChI is InChI=1S/C12H23O14P.2H3N/c13-1-4-7(16)10(19)12(3-14,25-4)26-11-9(18)8(17)6(15)5(24-11)2-23-27(20,21)22;;/h4-11,13-19H,1-3H2,(H2,20,21,22);2*1H3/t4-,5-,6-,7-,8+,9-,10+,11-,12+;;/m1../s1. The van der Waals surface area contributed by atoms with Crippen LogP contribution in [0.1, 0.15) is 0 Å². The van der Waals surface area contributed by atoms with Crippen LogP contribution < -0.4 is 22.1 Å². The second-order valence-corrected chi connectivity index (χ2v) is 7.27. The smallest absolute Gasteiger partial charge is 0.224 e. The zero-order chi connectivity index (χ0) is 20.6. The van der Waals surface area contributed by atoms with Crippen LogP contribution in [0.5, 0.6) is 0 Å². The highest BCUT2D eigenvalue weighted by Crippen LogP contribution is 2.36. The van der Waals surface area contributed by atoms with Crippen LogP contribution in [0.25, 0.3) is 0 Å². The Bertz CT molecular complexity index is 553. The van der Waals surface area contributed by atoms with Crippen molar-refractivity contribution in [3.63, 3.8) is 0 Å². The largest absolute Gasteiger partial charge is 0.790 e. The van der Waals surface area contributed by atoms with Gasteiger partial charge in [0.15, 0.2) is 6.29 Å². The van der Waals surface area contributed by atoms with Crippen LogP contribution >= 0.6 is 7.82 Å². The molecule has 0 bridgehead atoms. The van der Waals surface area contributed by atoms with Gasteiger partial charge in [0.2, 0.25) is 5.79 Å². The predicted molar refractivity (Wildman–Crippen MR) is 87.1 cm³/mol. The third-order valence-electron chi connectivity index (χ3n) is 4.29. The summed E-state index contributed by atoms with van der Waals surface area (Å²) in [5, 5.41) is 68.2. The summed E-state index contributed by atoms with van der Waals surface area (Å²) in [5.41, 5.74) is 0. The first kappa shape index (κ1) is 28.6. The quantitative estimate of drug-likeness (QED) is 0.161. The van der Waals surface area contributed by atoms with E-state index in [1.807, 2.05) is 0 Å². The van der Waals surface area contributed by atoms with E-state index in [0.29, 0.717) is 0 Å². The third-order valence-corrected chi connectivity index (χ3v) is 4.75. The van der Waals surface area contributed by atoms with Crippen LogP contribution in [0.3, 0.4) is 0 Å². The Balaban J connectivity index is 0.00000392. The van der Waals surface area contributed by atoms with Crippen molar-refractivity contribution in [3.8, 4) is 0 Å². The van der Waals surface area contributed by atoms with Crippen molar-refractivity contribution >= 4 is 7.82 Å². The molecule has 176 valence electrons. The minimum atomic E-state index is -5.43. The Morgan fingerprint density at radius 2 is 1.52 bits per heavy atom. The van der Waals surface area contributed by atoms with E-state index in [1.54, 1.807) is 0 Å². The van der Waals surface area contributed by atoms with Gasteiger partial charge in [-0.1, -0.05) is 0 Å². The van der Waals surface area contributed by atoms with E-state index in [0.717, 1.165) is 0 Å². The van der Waals surface area contributed by atoms with Crippen molar-refractivity contribution in [2.45, 2.75) is 54.8 Å². The lowest BCUT2D eigenvalue weighted by Crippen LogP contribution is -2.62. The molecule has 0 aromatic carbocycles. The molecule has 0 amide bonds. The monoisotopic (exact) mass is 456 g/mol. The Hall–Kier alpha value is -0.370. The number of aliphatic hydroxyl groups excluding tert-OH is 7. The average Bonchev–Trinajstić information content (AvgIpc) is 2.85. The van der Waals surface area contributed by atoms with E-state index in [2.05, 4.69) is 4.52 Å². The van der Waals surface area contributed by atoms with Gasteiger partial charge in [0.25, 0.3) is 0 Å². The van der Waals surface area contributed by atoms with Gasteiger partial charge in [-0.25, -0.2) is 0 Å². The van der Waals surface area contributed by atoms with Gasteiger partial charge >= 0.3 is 0 Å². The van der Waals surface area contributed by atoms with E-state index in [1.165, 1.54) is 0 Å². The maximum Gasteiger partial charge on any atom is 0.224 e. The molecule has 0 aromatic rings. The molecule has 2 fully saturated rings. The van der Waals surface area contributed by atoms with Crippen molar-refractivity contribution in [2.24, 2.45) is 0 Å². The lowest BCUT2D eigenvalue weighted by atomic mass is 9.99. The number of rotatable bonds is 7. The molecular weight excluding hydrogens is 427 g/mol. The third kappa shape index (κ3) is 6.08. The van der Waals surface area contributed by atoms with Crippen molar-refractivity contribution in [2.75, 3.05) is 19.8 Å². The van der Waals surface area contributed by atoms with Crippen molar-refractivity contribution in [3.05, 3.63) is 0 Å². The van der Waals surface area contributed by atoms with E-state index < -0.39 is 82.4 Å². The molecule has 0 aromatic heterocycles. The second kappa shape index (κ2) is 10.8. The van der Waals surface area contributed by atoms with E-state index in [4.69, 9.17) is 19.3 Å². The predicted octanol–water partition coefficient (Wildman–Crippen LogP) is -5.79. The zero-order valence-corrected chi connectivity index (χ0v) is 16.6. The van der Waals surface area contributed by atoms with Crippen LogP contribution in [-0.2, 0) is 23.3 Å². The normalized spacial score (nSPS) is 42.8. The molecule has 0 saturated carbocycles. The molecule has 0 spiro atoms. The molecule has 9 atom stereocenters. The minimum Gasteiger partial charge on any atom is -0.790 e. The van der Waals surface area contributed by atoms with Gasteiger partial charge in [0.1, 0.15) is 49.3 Å². The maximum absolute atomic E-state index is 10.6. The van der Waals surface area contributed by atoms with E-state index in [9.17, 15) is 45.0 Å².